The summed E-state index contributed by atoms with van der Waals surface area (Å²) < 4.78 is 47.5. The number of carbonyl (C=O) groups excluding carboxylic acids is 2. The van der Waals surface area contributed by atoms with E-state index in [1.165, 1.54) is 51.7 Å². The average molecular weight is 501 g/mol. The number of sulfonamides is 1. The van der Waals surface area contributed by atoms with Crippen LogP contribution < -0.4 is 24.2 Å². The number of ether oxygens (including phenoxy) is 4. The molecule has 0 aromatic heterocycles. The summed E-state index contributed by atoms with van der Waals surface area (Å²) in [5.74, 6) is -0.628. The lowest BCUT2D eigenvalue weighted by molar-refractivity contribution is -0.118. The normalized spacial score (nSPS) is 11.1. The summed E-state index contributed by atoms with van der Waals surface area (Å²) in [4.78, 5) is 24.5. The maximum Gasteiger partial charge on any atom is 0.340 e. The van der Waals surface area contributed by atoms with Crippen LogP contribution in [0.4, 0.5) is 5.69 Å². The SMILES string of the molecule is COC(=O)c1cc(OC)c(OC)cc1NC(=O)COc1ccc(S(=O)(=O)NC(C)C)cc1Cl. The molecule has 12 heteroatoms. The van der Waals surface area contributed by atoms with E-state index < -0.39 is 28.5 Å². The fraction of sp³-hybridized carbons (Fsp3) is 0.333. The van der Waals surface area contributed by atoms with E-state index >= 15 is 0 Å². The van der Waals surface area contributed by atoms with E-state index in [1.54, 1.807) is 13.8 Å². The molecule has 0 aliphatic rings. The molecular formula is C21H25ClN2O8S. The van der Waals surface area contributed by atoms with Gasteiger partial charge in [0.15, 0.2) is 18.1 Å². The third-order valence-electron chi connectivity index (χ3n) is 4.17. The molecule has 10 nitrogen and oxygen atoms in total. The number of nitrogens with one attached hydrogen (secondary N) is 2. The van der Waals surface area contributed by atoms with E-state index in [1.807, 2.05) is 0 Å². The Bertz CT molecular complexity index is 1140. The Hall–Kier alpha value is -3.02. The second kappa shape index (κ2) is 11.2. The summed E-state index contributed by atoms with van der Waals surface area (Å²) in [6.45, 7) is 2.92. The first kappa shape index (κ1) is 26.2. The molecule has 0 heterocycles. The maximum absolute atomic E-state index is 12.5. The summed E-state index contributed by atoms with van der Waals surface area (Å²) in [6, 6.07) is 6.39. The molecule has 1 amide bonds. The Morgan fingerprint density at radius 3 is 2.18 bits per heavy atom. The van der Waals surface area contributed by atoms with Crippen LogP contribution in [0.25, 0.3) is 0 Å². The van der Waals surface area contributed by atoms with Gasteiger partial charge in [-0.25, -0.2) is 17.9 Å². The monoisotopic (exact) mass is 500 g/mol. The van der Waals surface area contributed by atoms with Crippen molar-refractivity contribution >= 4 is 39.2 Å². The maximum atomic E-state index is 12.5. The molecule has 33 heavy (non-hydrogen) atoms. The third-order valence-corrected chi connectivity index (χ3v) is 6.12. The third kappa shape index (κ3) is 6.73. The van der Waals surface area contributed by atoms with Crippen LogP contribution in [0.3, 0.4) is 0 Å². The first-order chi connectivity index (χ1) is 15.5. The van der Waals surface area contributed by atoms with Crippen molar-refractivity contribution in [3.05, 3.63) is 40.9 Å². The average Bonchev–Trinajstić information content (AvgIpc) is 2.76. The minimum atomic E-state index is -3.73. The zero-order valence-electron chi connectivity index (χ0n) is 18.7. The van der Waals surface area contributed by atoms with Gasteiger partial charge in [-0.1, -0.05) is 11.6 Å². The van der Waals surface area contributed by atoms with Crippen molar-refractivity contribution in [3.63, 3.8) is 0 Å². The van der Waals surface area contributed by atoms with Gasteiger partial charge in [-0.3, -0.25) is 4.79 Å². The van der Waals surface area contributed by atoms with Gasteiger partial charge in [-0.05, 0) is 32.0 Å². The van der Waals surface area contributed by atoms with Gasteiger partial charge < -0.3 is 24.3 Å². The molecule has 0 unspecified atom stereocenters. The number of hydrogen-bond acceptors (Lipinski definition) is 8. The molecule has 2 N–H and O–H groups in total. The predicted octanol–water partition coefficient (Wildman–Crippen LogP) is 2.85. The van der Waals surface area contributed by atoms with E-state index in [-0.39, 0.29) is 44.5 Å². The fourth-order valence-electron chi connectivity index (χ4n) is 2.73. The lowest BCUT2D eigenvalue weighted by Crippen LogP contribution is -2.30. The topological polar surface area (TPSA) is 129 Å². The molecule has 0 saturated heterocycles. The smallest absolute Gasteiger partial charge is 0.340 e. The molecule has 0 aliphatic carbocycles. The van der Waals surface area contributed by atoms with E-state index in [0.29, 0.717) is 0 Å². The van der Waals surface area contributed by atoms with Gasteiger partial charge in [0.2, 0.25) is 10.0 Å². The van der Waals surface area contributed by atoms with Gasteiger partial charge in [0.1, 0.15) is 5.75 Å². The second-order valence-electron chi connectivity index (χ2n) is 6.95. The number of rotatable bonds is 10. The Morgan fingerprint density at radius 2 is 1.64 bits per heavy atom. The van der Waals surface area contributed by atoms with Crippen molar-refractivity contribution < 1.29 is 37.0 Å². The first-order valence-corrected chi connectivity index (χ1v) is 11.5. The Labute approximate surface area is 197 Å². The zero-order chi connectivity index (χ0) is 24.8. The fourth-order valence-corrected chi connectivity index (χ4v) is 4.31. The summed E-state index contributed by atoms with van der Waals surface area (Å²) >= 11 is 6.13. The highest BCUT2D eigenvalue weighted by molar-refractivity contribution is 7.89. The number of carbonyl (C=O) groups is 2. The van der Waals surface area contributed by atoms with E-state index in [0.717, 1.165) is 0 Å². The quantitative estimate of drug-likeness (QED) is 0.476. The molecule has 0 atom stereocenters. The van der Waals surface area contributed by atoms with Crippen molar-refractivity contribution in [2.45, 2.75) is 24.8 Å². The van der Waals surface area contributed by atoms with Crippen LogP contribution in [0.2, 0.25) is 5.02 Å². The highest BCUT2D eigenvalue weighted by atomic mass is 35.5. The summed E-state index contributed by atoms with van der Waals surface area (Å²) in [7, 11) is 0.287. The van der Waals surface area contributed by atoms with Crippen molar-refractivity contribution in [1.82, 2.24) is 4.72 Å². The Balaban J connectivity index is 2.17. The van der Waals surface area contributed by atoms with Crippen LogP contribution in [0.5, 0.6) is 17.2 Å². The van der Waals surface area contributed by atoms with Crippen molar-refractivity contribution in [2.24, 2.45) is 0 Å². The van der Waals surface area contributed by atoms with Crippen LogP contribution in [0.1, 0.15) is 24.2 Å². The summed E-state index contributed by atoms with van der Waals surface area (Å²) in [5, 5.41) is 2.56. The molecule has 0 radical (unpaired) electrons. The van der Waals surface area contributed by atoms with Crippen LogP contribution >= 0.6 is 11.6 Å². The van der Waals surface area contributed by atoms with E-state index in [9.17, 15) is 18.0 Å². The van der Waals surface area contributed by atoms with E-state index in [2.05, 4.69) is 10.0 Å². The molecule has 0 fully saturated rings. The highest BCUT2D eigenvalue weighted by Crippen LogP contribution is 2.34. The zero-order valence-corrected chi connectivity index (χ0v) is 20.3. The number of benzene rings is 2. The number of amides is 1. The minimum Gasteiger partial charge on any atom is -0.493 e. The molecule has 0 saturated carbocycles. The van der Waals surface area contributed by atoms with Crippen LogP contribution in [-0.2, 0) is 19.6 Å². The molecule has 180 valence electrons. The van der Waals surface area contributed by atoms with Gasteiger partial charge in [0.25, 0.3) is 5.91 Å². The molecule has 2 aromatic carbocycles. The molecular weight excluding hydrogens is 476 g/mol. The summed E-state index contributed by atoms with van der Waals surface area (Å²) in [6.07, 6.45) is 0. The second-order valence-corrected chi connectivity index (χ2v) is 9.07. The number of hydrogen-bond donors (Lipinski definition) is 2. The highest BCUT2D eigenvalue weighted by Gasteiger charge is 2.20. The van der Waals surface area contributed by atoms with Gasteiger partial charge in [-0.15, -0.1) is 0 Å². The number of anilines is 1. The summed E-state index contributed by atoms with van der Waals surface area (Å²) in [5.41, 5.74) is 0.175. The largest absolute Gasteiger partial charge is 0.493 e. The van der Waals surface area contributed by atoms with Crippen LogP contribution in [0, 0.1) is 0 Å². The molecule has 2 rings (SSSR count). The molecule has 0 spiro atoms. The van der Waals surface area contributed by atoms with Gasteiger partial charge in [0, 0.05) is 18.2 Å². The minimum absolute atomic E-state index is 0.01000. The van der Waals surface area contributed by atoms with Crippen molar-refractivity contribution in [3.8, 4) is 17.2 Å². The molecule has 0 aliphatic heterocycles. The predicted molar refractivity (Wildman–Crippen MR) is 122 cm³/mol. The van der Waals surface area contributed by atoms with Gasteiger partial charge >= 0.3 is 5.97 Å². The lowest BCUT2D eigenvalue weighted by Gasteiger charge is -2.15. The number of halogens is 1. The van der Waals surface area contributed by atoms with Crippen LogP contribution in [0.15, 0.2) is 35.2 Å². The standard InChI is InChI=1S/C21H25ClN2O8S/c1-12(2)24-33(27,28)13-6-7-17(15(22)8-13)32-11-20(25)23-16-10-19(30-4)18(29-3)9-14(16)21(26)31-5/h6-10,12,24H,11H2,1-5H3,(H,23,25). The Kier molecular flexibility index (Phi) is 8.91. The Morgan fingerprint density at radius 1 is 1.00 bits per heavy atom. The van der Waals surface area contributed by atoms with Gasteiger partial charge in [0.05, 0.1) is 42.5 Å². The first-order valence-electron chi connectivity index (χ1n) is 9.61. The van der Waals surface area contributed by atoms with Crippen LogP contribution in [-0.4, -0.2) is 54.3 Å². The van der Waals surface area contributed by atoms with E-state index in [4.69, 9.17) is 30.5 Å². The van der Waals surface area contributed by atoms with Crippen molar-refractivity contribution in [2.75, 3.05) is 33.3 Å². The van der Waals surface area contributed by atoms with Crippen molar-refractivity contribution in [1.29, 1.82) is 0 Å². The number of methoxy groups -OCH3 is 3. The lowest BCUT2D eigenvalue weighted by atomic mass is 10.1. The number of esters is 1. The van der Waals surface area contributed by atoms with Gasteiger partial charge in [-0.2, -0.15) is 0 Å². The molecule has 0 bridgehead atoms. The molecule has 2 aromatic rings.